The lowest BCUT2D eigenvalue weighted by Gasteiger charge is -2.30. The summed E-state index contributed by atoms with van der Waals surface area (Å²) in [4.78, 5) is 12.5. The normalized spacial score (nSPS) is 18.3. The minimum Gasteiger partial charge on any atom is -0.331 e. The predicted molar refractivity (Wildman–Crippen MR) is 53.6 cm³/mol. The smallest absolute Gasteiger partial charge is 0.331 e. The van der Waals surface area contributed by atoms with Crippen LogP contribution in [-0.2, 0) is 4.79 Å². The number of hydrogen-bond acceptors (Lipinski definition) is 2. The Kier molecular flexibility index (Phi) is 4.18. The fourth-order valence-corrected chi connectivity index (χ4v) is 1.75. The zero-order chi connectivity index (χ0) is 12.3. The molecule has 0 radical (unpaired) electrons. The Morgan fingerprint density at radius 3 is 2.44 bits per heavy atom. The minimum atomic E-state index is -4.34. The van der Waals surface area contributed by atoms with Crippen LogP contribution >= 0.6 is 0 Å². The first-order valence-electron chi connectivity index (χ1n) is 5.41. The van der Waals surface area contributed by atoms with Crippen molar-refractivity contribution >= 4 is 5.91 Å². The molecule has 1 unspecified atom stereocenters. The predicted octanol–water partition coefficient (Wildman–Crippen LogP) is 1.52. The van der Waals surface area contributed by atoms with Gasteiger partial charge in [0.15, 0.2) is 0 Å². The van der Waals surface area contributed by atoms with Crippen molar-refractivity contribution in [3.63, 3.8) is 0 Å². The third-order valence-corrected chi connectivity index (χ3v) is 2.82. The number of alkyl halides is 3. The van der Waals surface area contributed by atoms with E-state index in [2.05, 4.69) is 0 Å². The Labute approximate surface area is 92.8 Å². The molecule has 1 aliphatic rings. The van der Waals surface area contributed by atoms with Gasteiger partial charge in [-0.05, 0) is 25.7 Å². The van der Waals surface area contributed by atoms with Crippen molar-refractivity contribution in [3.8, 4) is 0 Å². The van der Waals surface area contributed by atoms with Gasteiger partial charge in [-0.1, -0.05) is 0 Å². The summed E-state index contributed by atoms with van der Waals surface area (Å²) in [5.41, 5.74) is 5.19. The van der Waals surface area contributed by atoms with Crippen molar-refractivity contribution in [1.82, 2.24) is 4.90 Å². The lowest BCUT2D eigenvalue weighted by molar-refractivity contribution is -0.165. The summed E-state index contributed by atoms with van der Waals surface area (Å²) in [7, 11) is 0. The number of carbonyl (C=O) groups is 1. The molecule has 3 nitrogen and oxygen atoms in total. The number of nitrogens with two attached hydrogens (primary N) is 1. The molecule has 0 saturated heterocycles. The summed E-state index contributed by atoms with van der Waals surface area (Å²) >= 11 is 0. The van der Waals surface area contributed by atoms with E-state index in [0.29, 0.717) is 0 Å². The van der Waals surface area contributed by atoms with Gasteiger partial charge in [0, 0.05) is 19.0 Å². The van der Waals surface area contributed by atoms with E-state index >= 15 is 0 Å². The Hall–Kier alpha value is -0.780. The Balaban J connectivity index is 2.63. The average Bonchev–Trinajstić information content (AvgIpc) is 2.95. The van der Waals surface area contributed by atoms with E-state index in [1.807, 2.05) is 0 Å². The fourth-order valence-electron chi connectivity index (χ4n) is 1.75. The van der Waals surface area contributed by atoms with Crippen LogP contribution in [0.3, 0.4) is 0 Å². The Bertz CT molecular complexity index is 251. The van der Waals surface area contributed by atoms with Crippen LogP contribution < -0.4 is 5.73 Å². The summed E-state index contributed by atoms with van der Waals surface area (Å²) in [6.45, 7) is 0.603. The first kappa shape index (κ1) is 13.3. The monoisotopic (exact) mass is 238 g/mol. The number of hydrogen-bond donors (Lipinski definition) is 1. The van der Waals surface area contributed by atoms with Crippen LogP contribution in [0.15, 0.2) is 0 Å². The standard InChI is InChI=1S/C10H17F3N2O/c1-7(8-2-3-8)15(6-10(11,12)13)9(16)4-5-14/h7-8H,2-6,14H2,1H3. The van der Waals surface area contributed by atoms with Gasteiger partial charge >= 0.3 is 6.18 Å². The van der Waals surface area contributed by atoms with Gasteiger partial charge in [0.1, 0.15) is 6.54 Å². The first-order valence-corrected chi connectivity index (χ1v) is 5.41. The summed E-state index contributed by atoms with van der Waals surface area (Å²) in [6.07, 6.45) is -2.54. The molecule has 0 aliphatic heterocycles. The molecule has 0 aromatic heterocycles. The van der Waals surface area contributed by atoms with Gasteiger partial charge in [-0.15, -0.1) is 0 Å². The van der Waals surface area contributed by atoms with E-state index in [1.54, 1.807) is 6.92 Å². The van der Waals surface area contributed by atoms with E-state index in [4.69, 9.17) is 5.73 Å². The van der Waals surface area contributed by atoms with E-state index in [0.717, 1.165) is 17.7 Å². The van der Waals surface area contributed by atoms with E-state index in [9.17, 15) is 18.0 Å². The molecule has 0 aromatic rings. The van der Waals surface area contributed by atoms with Crippen LogP contribution in [0.4, 0.5) is 13.2 Å². The van der Waals surface area contributed by atoms with Crippen LogP contribution in [0.25, 0.3) is 0 Å². The maximum absolute atomic E-state index is 12.3. The molecule has 0 bridgehead atoms. The van der Waals surface area contributed by atoms with Crippen LogP contribution in [-0.4, -0.2) is 36.1 Å². The van der Waals surface area contributed by atoms with Crippen molar-refractivity contribution in [2.45, 2.75) is 38.4 Å². The highest BCUT2D eigenvalue weighted by Crippen LogP contribution is 2.36. The fraction of sp³-hybridized carbons (Fsp3) is 0.900. The largest absolute Gasteiger partial charge is 0.406 e. The second-order valence-electron chi connectivity index (χ2n) is 4.25. The molecular formula is C10H17F3N2O. The third-order valence-electron chi connectivity index (χ3n) is 2.82. The van der Waals surface area contributed by atoms with Crippen molar-refractivity contribution in [2.75, 3.05) is 13.1 Å². The van der Waals surface area contributed by atoms with Crippen molar-refractivity contribution in [1.29, 1.82) is 0 Å². The number of rotatable bonds is 5. The second kappa shape index (κ2) is 5.03. The second-order valence-corrected chi connectivity index (χ2v) is 4.25. The van der Waals surface area contributed by atoms with Gasteiger partial charge in [-0.25, -0.2) is 0 Å². The zero-order valence-electron chi connectivity index (χ0n) is 9.26. The molecule has 2 N–H and O–H groups in total. The molecule has 1 fully saturated rings. The van der Waals surface area contributed by atoms with Crippen LogP contribution in [0.5, 0.6) is 0 Å². The quantitative estimate of drug-likeness (QED) is 0.789. The molecule has 94 valence electrons. The summed E-state index contributed by atoms with van der Waals surface area (Å²) < 4.78 is 37.0. The van der Waals surface area contributed by atoms with Crippen LogP contribution in [0.2, 0.25) is 0 Å². The summed E-state index contributed by atoms with van der Waals surface area (Å²) in [5, 5.41) is 0. The van der Waals surface area contributed by atoms with E-state index < -0.39 is 18.6 Å². The van der Waals surface area contributed by atoms with Crippen molar-refractivity contribution in [2.24, 2.45) is 11.7 Å². The van der Waals surface area contributed by atoms with Crippen molar-refractivity contribution in [3.05, 3.63) is 0 Å². The highest BCUT2D eigenvalue weighted by Gasteiger charge is 2.40. The lowest BCUT2D eigenvalue weighted by Crippen LogP contribution is -2.45. The highest BCUT2D eigenvalue weighted by molar-refractivity contribution is 5.76. The van der Waals surface area contributed by atoms with E-state index in [-0.39, 0.29) is 24.9 Å². The third kappa shape index (κ3) is 4.00. The molecular weight excluding hydrogens is 221 g/mol. The lowest BCUT2D eigenvalue weighted by atomic mass is 10.1. The van der Waals surface area contributed by atoms with Gasteiger partial charge in [-0.2, -0.15) is 13.2 Å². The molecule has 0 spiro atoms. The Morgan fingerprint density at radius 2 is 2.06 bits per heavy atom. The summed E-state index contributed by atoms with van der Waals surface area (Å²) in [6, 6.07) is -0.333. The zero-order valence-corrected chi connectivity index (χ0v) is 9.26. The summed E-state index contributed by atoms with van der Waals surface area (Å²) in [5.74, 6) is -0.275. The Morgan fingerprint density at radius 1 is 1.50 bits per heavy atom. The van der Waals surface area contributed by atoms with E-state index in [1.165, 1.54) is 0 Å². The van der Waals surface area contributed by atoms with Gasteiger partial charge in [0.05, 0.1) is 0 Å². The molecule has 6 heteroatoms. The first-order chi connectivity index (χ1) is 7.35. The maximum Gasteiger partial charge on any atom is 0.406 e. The number of amides is 1. The topological polar surface area (TPSA) is 46.3 Å². The van der Waals surface area contributed by atoms with Gasteiger partial charge in [0.2, 0.25) is 5.91 Å². The molecule has 1 amide bonds. The molecule has 0 heterocycles. The molecule has 16 heavy (non-hydrogen) atoms. The molecule has 1 aliphatic carbocycles. The average molecular weight is 238 g/mol. The van der Waals surface area contributed by atoms with Crippen LogP contribution in [0.1, 0.15) is 26.2 Å². The molecule has 1 atom stereocenters. The SMILES string of the molecule is CC(C1CC1)N(CC(F)(F)F)C(=O)CCN. The highest BCUT2D eigenvalue weighted by atomic mass is 19.4. The minimum absolute atomic E-state index is 0.0207. The molecule has 1 rings (SSSR count). The van der Waals surface area contributed by atoms with Gasteiger partial charge in [0.25, 0.3) is 0 Å². The van der Waals surface area contributed by atoms with Crippen LogP contribution in [0, 0.1) is 5.92 Å². The van der Waals surface area contributed by atoms with Crippen molar-refractivity contribution < 1.29 is 18.0 Å². The number of halogens is 3. The maximum atomic E-state index is 12.3. The number of carbonyl (C=O) groups excluding carboxylic acids is 1. The molecule has 0 aromatic carbocycles. The van der Waals surface area contributed by atoms with Gasteiger partial charge in [-0.3, -0.25) is 4.79 Å². The molecule has 1 saturated carbocycles. The number of nitrogens with zero attached hydrogens (tertiary/aromatic N) is 1. The van der Waals surface area contributed by atoms with Gasteiger partial charge < -0.3 is 10.6 Å².